The Balaban J connectivity index is 1.44. The van der Waals surface area contributed by atoms with Crippen molar-refractivity contribution < 1.29 is 4.42 Å². The molecule has 24 heavy (non-hydrogen) atoms. The van der Waals surface area contributed by atoms with Crippen LogP contribution in [-0.2, 0) is 13.1 Å². The number of para-hydroxylation sites is 1. The van der Waals surface area contributed by atoms with Gasteiger partial charge in [-0.1, -0.05) is 24.6 Å². The molecule has 1 aromatic carbocycles. The molecule has 1 saturated heterocycles. The first-order valence-corrected chi connectivity index (χ1v) is 8.99. The van der Waals surface area contributed by atoms with E-state index in [4.69, 9.17) is 4.42 Å². The minimum absolute atomic E-state index is 0.633. The molecule has 3 heterocycles. The largest absolute Gasteiger partial charge is 0.460 e. The highest BCUT2D eigenvalue weighted by Gasteiger charge is 2.23. The van der Waals surface area contributed by atoms with Gasteiger partial charge in [0.1, 0.15) is 17.2 Å². The lowest BCUT2D eigenvalue weighted by molar-refractivity contribution is 0.120. The summed E-state index contributed by atoms with van der Waals surface area (Å²) in [6.45, 7) is 5.22. The Morgan fingerprint density at radius 3 is 3.00 bits per heavy atom. The molecule has 1 fully saturated rings. The third-order valence-corrected chi connectivity index (χ3v) is 5.21. The first kappa shape index (κ1) is 15.5. The van der Waals surface area contributed by atoms with E-state index in [-0.39, 0.29) is 0 Å². The number of imidazole rings is 1. The van der Waals surface area contributed by atoms with Crippen LogP contribution in [0.1, 0.15) is 37.3 Å². The average molecular weight is 323 g/mol. The van der Waals surface area contributed by atoms with E-state index in [0.29, 0.717) is 6.04 Å². The van der Waals surface area contributed by atoms with E-state index in [1.807, 2.05) is 18.3 Å². The van der Waals surface area contributed by atoms with E-state index in [1.165, 1.54) is 37.6 Å². The second-order valence-corrected chi connectivity index (χ2v) is 6.83. The van der Waals surface area contributed by atoms with Gasteiger partial charge in [-0.2, -0.15) is 0 Å². The maximum Gasteiger partial charge on any atom is 0.134 e. The van der Waals surface area contributed by atoms with Crippen molar-refractivity contribution in [2.24, 2.45) is 0 Å². The van der Waals surface area contributed by atoms with Gasteiger partial charge in [0, 0.05) is 30.4 Å². The maximum absolute atomic E-state index is 6.03. The van der Waals surface area contributed by atoms with Gasteiger partial charge < -0.3 is 8.98 Å². The number of piperidine rings is 1. The molecular weight excluding hydrogens is 298 g/mol. The number of hydrogen-bond acceptors (Lipinski definition) is 3. The zero-order chi connectivity index (χ0) is 16.4. The lowest BCUT2D eigenvalue weighted by atomic mass is 9.99. The summed E-state index contributed by atoms with van der Waals surface area (Å²) in [6.07, 6.45) is 9.07. The normalized spacial score (nSPS) is 19.1. The van der Waals surface area contributed by atoms with Crippen molar-refractivity contribution in [3.8, 4) is 0 Å². The second kappa shape index (κ2) is 6.81. The van der Waals surface area contributed by atoms with Gasteiger partial charge in [0.05, 0.1) is 6.54 Å². The van der Waals surface area contributed by atoms with Crippen LogP contribution in [0.5, 0.6) is 0 Å². The van der Waals surface area contributed by atoms with Gasteiger partial charge in [-0.25, -0.2) is 4.98 Å². The fourth-order valence-electron chi connectivity index (χ4n) is 3.84. The molecule has 4 nitrogen and oxygen atoms in total. The van der Waals surface area contributed by atoms with Crippen LogP contribution in [0.4, 0.5) is 0 Å². The summed E-state index contributed by atoms with van der Waals surface area (Å²) < 4.78 is 8.29. The highest BCUT2D eigenvalue weighted by Crippen LogP contribution is 2.25. The number of hydrogen-bond donors (Lipinski definition) is 0. The van der Waals surface area contributed by atoms with E-state index in [0.717, 1.165) is 30.3 Å². The summed E-state index contributed by atoms with van der Waals surface area (Å²) in [5.74, 6) is 2.19. The Hall–Kier alpha value is -2.07. The van der Waals surface area contributed by atoms with Crippen LogP contribution in [0, 0.1) is 6.92 Å². The van der Waals surface area contributed by atoms with Gasteiger partial charge in [0.25, 0.3) is 0 Å². The molecule has 0 N–H and O–H groups in total. The molecule has 4 heteroatoms. The van der Waals surface area contributed by atoms with Gasteiger partial charge in [-0.3, -0.25) is 4.90 Å². The van der Waals surface area contributed by atoms with Crippen LogP contribution < -0.4 is 0 Å². The maximum atomic E-state index is 6.03. The Morgan fingerprint density at radius 1 is 1.25 bits per heavy atom. The highest BCUT2D eigenvalue weighted by molar-refractivity contribution is 5.77. The van der Waals surface area contributed by atoms with Gasteiger partial charge in [0.2, 0.25) is 0 Å². The Labute approximate surface area is 143 Å². The number of aromatic nitrogens is 2. The molecule has 1 atom stereocenters. The molecule has 1 aliphatic rings. The number of rotatable bonds is 5. The Kier molecular flexibility index (Phi) is 4.39. The summed E-state index contributed by atoms with van der Waals surface area (Å²) in [5, 5.41) is 1.20. The third kappa shape index (κ3) is 3.24. The average Bonchev–Trinajstić information content (AvgIpc) is 3.19. The molecule has 126 valence electrons. The van der Waals surface area contributed by atoms with Crippen LogP contribution >= 0.6 is 0 Å². The molecule has 0 unspecified atom stereocenters. The third-order valence-electron chi connectivity index (χ3n) is 5.21. The summed E-state index contributed by atoms with van der Waals surface area (Å²) in [5.41, 5.74) is 0.995. The second-order valence-electron chi connectivity index (χ2n) is 6.83. The fourth-order valence-corrected chi connectivity index (χ4v) is 3.84. The van der Waals surface area contributed by atoms with Crippen LogP contribution in [0.3, 0.4) is 0 Å². The molecule has 0 bridgehead atoms. The zero-order valence-electron chi connectivity index (χ0n) is 14.3. The molecule has 0 spiro atoms. The standard InChI is InChI=1S/C20H25N3O/c1-16-21-10-13-22(16)12-9-18-7-4-5-11-23(18)15-19-14-17-6-2-3-8-20(17)24-19/h2-3,6,8,10,13-14,18H,4-5,7,9,11-12,15H2,1H3/t18-/m1/s1. The molecular formula is C20H25N3O. The number of benzene rings is 1. The van der Waals surface area contributed by atoms with Crippen molar-refractivity contribution in [3.63, 3.8) is 0 Å². The minimum Gasteiger partial charge on any atom is -0.460 e. The smallest absolute Gasteiger partial charge is 0.134 e. The number of aryl methyl sites for hydroxylation is 2. The molecule has 4 rings (SSSR count). The van der Waals surface area contributed by atoms with Crippen LogP contribution in [-0.4, -0.2) is 27.0 Å². The van der Waals surface area contributed by atoms with Crippen LogP contribution in [0.2, 0.25) is 0 Å². The summed E-state index contributed by atoms with van der Waals surface area (Å²) in [6, 6.07) is 11.1. The molecule has 0 radical (unpaired) electrons. The van der Waals surface area contributed by atoms with E-state index >= 15 is 0 Å². The number of likely N-dealkylation sites (tertiary alicyclic amines) is 1. The van der Waals surface area contributed by atoms with Crippen LogP contribution in [0.25, 0.3) is 11.0 Å². The van der Waals surface area contributed by atoms with E-state index < -0.39 is 0 Å². The molecule has 1 aliphatic heterocycles. The van der Waals surface area contributed by atoms with E-state index in [1.54, 1.807) is 0 Å². The Bertz CT molecular complexity index is 771. The van der Waals surface area contributed by atoms with Gasteiger partial charge in [0.15, 0.2) is 0 Å². The first-order valence-electron chi connectivity index (χ1n) is 8.99. The summed E-state index contributed by atoms with van der Waals surface area (Å²) in [4.78, 5) is 6.93. The molecule has 2 aromatic heterocycles. The number of fused-ring (bicyclic) bond motifs is 1. The van der Waals surface area contributed by atoms with E-state index in [2.05, 4.69) is 45.8 Å². The SMILES string of the molecule is Cc1nccn1CC[C@H]1CCCCN1Cc1cc2ccccc2o1. The van der Waals surface area contributed by atoms with Crippen LogP contribution in [0.15, 0.2) is 47.1 Å². The Morgan fingerprint density at radius 2 is 2.17 bits per heavy atom. The van der Waals surface area contributed by atoms with Crippen molar-refractivity contribution in [1.29, 1.82) is 0 Å². The molecule has 0 amide bonds. The molecule has 3 aromatic rings. The van der Waals surface area contributed by atoms with Crippen molar-refractivity contribution in [3.05, 3.63) is 54.3 Å². The van der Waals surface area contributed by atoms with Gasteiger partial charge in [-0.05, 0) is 44.9 Å². The van der Waals surface area contributed by atoms with Crippen molar-refractivity contribution in [2.45, 2.75) is 51.7 Å². The lowest BCUT2D eigenvalue weighted by Crippen LogP contribution is -2.39. The monoisotopic (exact) mass is 323 g/mol. The number of furan rings is 1. The quantitative estimate of drug-likeness (QED) is 0.698. The fraction of sp³-hybridized carbons (Fsp3) is 0.450. The summed E-state index contributed by atoms with van der Waals surface area (Å²) in [7, 11) is 0. The van der Waals surface area contributed by atoms with Crippen molar-refractivity contribution in [2.75, 3.05) is 6.54 Å². The van der Waals surface area contributed by atoms with E-state index in [9.17, 15) is 0 Å². The minimum atomic E-state index is 0.633. The van der Waals surface area contributed by atoms with Crippen molar-refractivity contribution >= 4 is 11.0 Å². The highest BCUT2D eigenvalue weighted by atomic mass is 16.3. The predicted molar refractivity (Wildman–Crippen MR) is 95.8 cm³/mol. The van der Waals surface area contributed by atoms with Gasteiger partial charge in [-0.15, -0.1) is 0 Å². The lowest BCUT2D eigenvalue weighted by Gasteiger charge is -2.35. The number of nitrogens with zero attached hydrogens (tertiary/aromatic N) is 3. The van der Waals surface area contributed by atoms with Gasteiger partial charge >= 0.3 is 0 Å². The molecule has 0 saturated carbocycles. The molecule has 0 aliphatic carbocycles. The summed E-state index contributed by atoms with van der Waals surface area (Å²) >= 11 is 0. The topological polar surface area (TPSA) is 34.2 Å². The van der Waals surface area contributed by atoms with Crippen molar-refractivity contribution in [1.82, 2.24) is 14.5 Å². The first-order chi connectivity index (χ1) is 11.8. The predicted octanol–water partition coefficient (Wildman–Crippen LogP) is 4.38. The zero-order valence-corrected chi connectivity index (χ0v) is 14.3.